The van der Waals surface area contributed by atoms with Gasteiger partial charge >= 0.3 is 0 Å². The summed E-state index contributed by atoms with van der Waals surface area (Å²) in [4.78, 5) is -0.200. The van der Waals surface area contributed by atoms with Gasteiger partial charge in [0.2, 0.25) is 0 Å². The first-order valence-electron chi connectivity index (χ1n) is 14.0. The van der Waals surface area contributed by atoms with Gasteiger partial charge in [0.1, 0.15) is 0 Å². The van der Waals surface area contributed by atoms with Crippen LogP contribution in [0.15, 0.2) is 102 Å². The molecule has 220 valence electrons. The van der Waals surface area contributed by atoms with E-state index in [1.165, 1.54) is 6.07 Å². The number of anilines is 6. The van der Waals surface area contributed by atoms with Gasteiger partial charge in [-0.25, -0.2) is 0 Å². The Morgan fingerprint density at radius 2 is 1.00 bits per heavy atom. The minimum absolute atomic E-state index is 0.200. The average Bonchev–Trinajstić information content (AvgIpc) is 2.95. The van der Waals surface area contributed by atoms with E-state index in [1.807, 2.05) is 100 Å². The van der Waals surface area contributed by atoms with Crippen LogP contribution >= 0.6 is 0 Å². The summed E-state index contributed by atoms with van der Waals surface area (Å²) in [6, 6.07) is 29.8. The first-order valence-corrected chi connectivity index (χ1v) is 15.4. The van der Waals surface area contributed by atoms with Crippen LogP contribution in [0.5, 0.6) is 0 Å². The Kier molecular flexibility index (Phi) is 8.17. The third kappa shape index (κ3) is 6.21. The molecule has 5 aromatic carbocycles. The van der Waals surface area contributed by atoms with Crippen LogP contribution in [0.2, 0.25) is 0 Å². The van der Waals surface area contributed by atoms with Gasteiger partial charge in [0.15, 0.2) is 0 Å². The van der Waals surface area contributed by atoms with Crippen molar-refractivity contribution in [3.63, 3.8) is 0 Å². The molecule has 0 aliphatic heterocycles. The SMILES string of the molecule is Cc1cccc(C)c1Nc1ccc(C(c2ccc(Nc3c(C)cccc3C)cc2N)c2ccccc2S(=O)(=O)O)c(N)c1. The molecule has 0 spiro atoms. The molecule has 5 rings (SSSR count). The van der Waals surface area contributed by atoms with E-state index in [1.54, 1.807) is 18.2 Å². The van der Waals surface area contributed by atoms with E-state index < -0.39 is 16.0 Å². The number of para-hydroxylation sites is 2. The van der Waals surface area contributed by atoms with Crippen LogP contribution in [-0.2, 0) is 10.1 Å². The fraction of sp³-hybridized carbons (Fsp3) is 0.143. The van der Waals surface area contributed by atoms with Crippen LogP contribution in [0.25, 0.3) is 0 Å². The van der Waals surface area contributed by atoms with Gasteiger partial charge in [-0.1, -0.05) is 66.7 Å². The van der Waals surface area contributed by atoms with Gasteiger partial charge in [-0.05, 0) is 97.0 Å². The van der Waals surface area contributed by atoms with Gasteiger partial charge in [-0.3, -0.25) is 4.55 Å². The summed E-state index contributed by atoms with van der Waals surface area (Å²) in [6.07, 6.45) is 0. The van der Waals surface area contributed by atoms with Crippen molar-refractivity contribution in [1.29, 1.82) is 0 Å². The first-order chi connectivity index (χ1) is 20.4. The van der Waals surface area contributed by atoms with Crippen molar-refractivity contribution in [2.24, 2.45) is 0 Å². The van der Waals surface area contributed by atoms with Gasteiger partial charge in [0, 0.05) is 40.0 Å². The highest BCUT2D eigenvalue weighted by Gasteiger charge is 2.28. The van der Waals surface area contributed by atoms with Gasteiger partial charge in [-0.2, -0.15) is 8.42 Å². The van der Waals surface area contributed by atoms with Crippen LogP contribution in [0.1, 0.15) is 44.9 Å². The van der Waals surface area contributed by atoms with Crippen LogP contribution in [0, 0.1) is 27.7 Å². The Morgan fingerprint density at radius 3 is 1.40 bits per heavy atom. The second-order valence-electron chi connectivity index (χ2n) is 10.9. The molecular formula is C35H36N4O3S. The monoisotopic (exact) mass is 592 g/mol. The highest BCUT2D eigenvalue weighted by atomic mass is 32.2. The van der Waals surface area contributed by atoms with E-state index in [-0.39, 0.29) is 4.90 Å². The summed E-state index contributed by atoms with van der Waals surface area (Å²) in [6.45, 7) is 8.16. The molecule has 0 aliphatic rings. The van der Waals surface area contributed by atoms with Crippen molar-refractivity contribution in [3.05, 3.63) is 136 Å². The number of aryl methyl sites for hydroxylation is 4. The van der Waals surface area contributed by atoms with E-state index in [2.05, 4.69) is 10.6 Å². The smallest absolute Gasteiger partial charge is 0.294 e. The number of benzene rings is 5. The second kappa shape index (κ2) is 11.8. The first kappa shape index (κ1) is 29.7. The number of rotatable bonds is 8. The summed E-state index contributed by atoms with van der Waals surface area (Å²) in [5, 5.41) is 6.93. The molecule has 0 unspecified atom stereocenters. The van der Waals surface area contributed by atoms with Gasteiger partial charge < -0.3 is 22.1 Å². The molecule has 0 heterocycles. The fourth-order valence-corrected chi connectivity index (χ4v) is 6.33. The van der Waals surface area contributed by atoms with Crippen molar-refractivity contribution < 1.29 is 13.0 Å². The fourth-order valence-electron chi connectivity index (χ4n) is 5.60. The summed E-state index contributed by atoms with van der Waals surface area (Å²) in [5.74, 6) is -0.679. The zero-order chi connectivity index (χ0) is 30.9. The average molecular weight is 593 g/mol. The highest BCUT2D eigenvalue weighted by molar-refractivity contribution is 7.85. The van der Waals surface area contributed by atoms with Crippen LogP contribution in [-0.4, -0.2) is 13.0 Å². The predicted molar refractivity (Wildman–Crippen MR) is 177 cm³/mol. The topological polar surface area (TPSA) is 130 Å². The van der Waals surface area contributed by atoms with E-state index in [0.717, 1.165) is 45.0 Å². The second-order valence-corrected chi connectivity index (χ2v) is 12.3. The number of nitrogens with two attached hydrogens (primary N) is 2. The standard InChI is InChI=1S/C35H36N4O3S/c1-21-9-7-10-22(2)34(21)38-25-15-17-27(30(36)19-25)33(29-13-5-6-14-32(29)43(40,41)42)28-18-16-26(20-31(28)37)39-35-23(3)11-8-12-24(35)4/h5-20,33,38-39H,36-37H2,1-4H3,(H,40,41,42). The molecule has 0 radical (unpaired) electrons. The summed E-state index contributed by atoms with van der Waals surface area (Å²) in [7, 11) is -4.54. The lowest BCUT2D eigenvalue weighted by Crippen LogP contribution is -2.13. The minimum Gasteiger partial charge on any atom is -0.398 e. The molecule has 0 aromatic heterocycles. The Labute approximate surface area is 253 Å². The lowest BCUT2D eigenvalue weighted by molar-refractivity contribution is 0.482. The zero-order valence-corrected chi connectivity index (χ0v) is 25.5. The minimum atomic E-state index is -4.54. The Balaban J connectivity index is 1.62. The molecule has 0 fully saturated rings. The van der Waals surface area contributed by atoms with E-state index in [4.69, 9.17) is 11.5 Å². The van der Waals surface area contributed by atoms with E-state index in [9.17, 15) is 13.0 Å². The van der Waals surface area contributed by atoms with Crippen molar-refractivity contribution in [2.75, 3.05) is 22.1 Å². The molecule has 0 atom stereocenters. The van der Waals surface area contributed by atoms with Crippen LogP contribution < -0.4 is 22.1 Å². The number of hydrogen-bond acceptors (Lipinski definition) is 6. The van der Waals surface area contributed by atoms with E-state index in [0.29, 0.717) is 28.1 Å². The van der Waals surface area contributed by atoms with Crippen LogP contribution in [0.4, 0.5) is 34.1 Å². The molecular weight excluding hydrogens is 556 g/mol. The van der Waals surface area contributed by atoms with Crippen LogP contribution in [0.3, 0.4) is 0 Å². The molecule has 43 heavy (non-hydrogen) atoms. The molecule has 5 aromatic rings. The number of hydrogen-bond donors (Lipinski definition) is 5. The number of nitrogens with one attached hydrogen (secondary N) is 2. The Hall–Kier alpha value is -4.79. The molecule has 8 heteroatoms. The molecule has 0 amide bonds. The van der Waals surface area contributed by atoms with Crippen molar-refractivity contribution in [3.8, 4) is 0 Å². The summed E-state index contributed by atoms with van der Waals surface area (Å²) in [5.41, 5.74) is 24.0. The van der Waals surface area contributed by atoms with Crippen molar-refractivity contribution in [1.82, 2.24) is 0 Å². The lowest BCUT2D eigenvalue weighted by atomic mass is 9.83. The molecule has 0 bridgehead atoms. The maximum Gasteiger partial charge on any atom is 0.294 e. The molecule has 0 saturated heterocycles. The van der Waals surface area contributed by atoms with Gasteiger partial charge in [-0.15, -0.1) is 0 Å². The van der Waals surface area contributed by atoms with Crippen molar-refractivity contribution >= 4 is 44.2 Å². The van der Waals surface area contributed by atoms with Crippen molar-refractivity contribution in [2.45, 2.75) is 38.5 Å². The van der Waals surface area contributed by atoms with Gasteiger partial charge in [0.05, 0.1) is 4.90 Å². The largest absolute Gasteiger partial charge is 0.398 e. The molecule has 7 nitrogen and oxygen atoms in total. The third-order valence-corrected chi connectivity index (χ3v) is 8.73. The van der Waals surface area contributed by atoms with Gasteiger partial charge in [0.25, 0.3) is 10.1 Å². The normalized spacial score (nSPS) is 11.5. The Bertz CT molecular complexity index is 1790. The summed E-state index contributed by atoms with van der Waals surface area (Å²) < 4.78 is 35.2. The highest BCUT2D eigenvalue weighted by Crippen LogP contribution is 2.42. The predicted octanol–water partition coefficient (Wildman–Crippen LogP) is 8.00. The molecule has 0 aliphatic carbocycles. The third-order valence-electron chi connectivity index (χ3n) is 7.80. The zero-order valence-electron chi connectivity index (χ0n) is 24.6. The Morgan fingerprint density at radius 1 is 0.581 bits per heavy atom. The number of nitrogen functional groups attached to an aromatic ring is 2. The van der Waals surface area contributed by atoms with E-state index >= 15 is 0 Å². The lowest BCUT2D eigenvalue weighted by Gasteiger charge is -2.25. The molecule has 7 N–H and O–H groups in total. The quantitative estimate of drug-likeness (QED) is 0.0701. The maximum absolute atomic E-state index is 12.5. The maximum atomic E-state index is 12.5. The summed E-state index contributed by atoms with van der Waals surface area (Å²) >= 11 is 0. The molecule has 0 saturated carbocycles.